The Morgan fingerprint density at radius 2 is 2.00 bits per heavy atom. The SMILES string of the molecule is COc1ccccc1-c1nc(C(C)C)c(I)c(=O)[nH]1. The Morgan fingerprint density at radius 3 is 2.63 bits per heavy atom. The van der Waals surface area contributed by atoms with Crippen molar-refractivity contribution in [2.24, 2.45) is 0 Å². The number of aromatic amines is 1. The minimum Gasteiger partial charge on any atom is -0.496 e. The molecule has 0 atom stereocenters. The third kappa shape index (κ3) is 2.80. The van der Waals surface area contributed by atoms with Gasteiger partial charge in [0, 0.05) is 0 Å². The van der Waals surface area contributed by atoms with E-state index in [1.165, 1.54) is 0 Å². The van der Waals surface area contributed by atoms with E-state index in [-0.39, 0.29) is 11.5 Å². The zero-order valence-corrected chi connectivity index (χ0v) is 13.2. The number of rotatable bonds is 3. The summed E-state index contributed by atoms with van der Waals surface area (Å²) in [5.74, 6) is 1.44. The second kappa shape index (κ2) is 5.73. The second-order valence-electron chi connectivity index (χ2n) is 4.47. The van der Waals surface area contributed by atoms with Crippen LogP contribution in [0.15, 0.2) is 29.1 Å². The van der Waals surface area contributed by atoms with Gasteiger partial charge in [-0.3, -0.25) is 4.79 Å². The number of H-pyrrole nitrogens is 1. The molecule has 2 aromatic rings. The van der Waals surface area contributed by atoms with Gasteiger partial charge in [-0.25, -0.2) is 4.98 Å². The van der Waals surface area contributed by atoms with E-state index in [0.717, 1.165) is 11.3 Å². The Labute approximate surface area is 125 Å². The van der Waals surface area contributed by atoms with Crippen LogP contribution in [0.5, 0.6) is 5.75 Å². The average Bonchev–Trinajstić information content (AvgIpc) is 2.41. The van der Waals surface area contributed by atoms with Gasteiger partial charge in [-0.15, -0.1) is 0 Å². The number of halogens is 1. The molecular weight excluding hydrogens is 355 g/mol. The molecule has 0 unspecified atom stereocenters. The zero-order valence-electron chi connectivity index (χ0n) is 11.0. The third-order valence-corrected chi connectivity index (χ3v) is 3.84. The van der Waals surface area contributed by atoms with Crippen LogP contribution in [-0.4, -0.2) is 17.1 Å². The summed E-state index contributed by atoms with van der Waals surface area (Å²) in [5.41, 5.74) is 1.49. The Hall–Kier alpha value is -1.37. The number of aromatic nitrogens is 2. The van der Waals surface area contributed by atoms with E-state index in [1.807, 2.05) is 60.7 Å². The van der Waals surface area contributed by atoms with Gasteiger partial charge in [0.2, 0.25) is 0 Å². The summed E-state index contributed by atoms with van der Waals surface area (Å²) >= 11 is 2.04. The lowest BCUT2D eigenvalue weighted by Gasteiger charge is -2.11. The zero-order chi connectivity index (χ0) is 14.0. The van der Waals surface area contributed by atoms with Crippen molar-refractivity contribution in [3.63, 3.8) is 0 Å². The van der Waals surface area contributed by atoms with Gasteiger partial charge in [0.15, 0.2) is 0 Å². The van der Waals surface area contributed by atoms with Crippen LogP contribution in [0.2, 0.25) is 0 Å². The first-order valence-electron chi connectivity index (χ1n) is 5.97. The fourth-order valence-electron chi connectivity index (χ4n) is 1.83. The number of nitrogens with zero attached hydrogens (tertiary/aromatic N) is 1. The monoisotopic (exact) mass is 370 g/mol. The van der Waals surface area contributed by atoms with E-state index in [1.54, 1.807) is 7.11 Å². The molecule has 0 saturated carbocycles. The predicted octanol–water partition coefficient (Wildman–Crippen LogP) is 3.17. The molecule has 0 aliphatic rings. The van der Waals surface area contributed by atoms with E-state index in [9.17, 15) is 4.79 Å². The minimum absolute atomic E-state index is 0.111. The van der Waals surface area contributed by atoms with E-state index in [4.69, 9.17) is 4.74 Å². The largest absolute Gasteiger partial charge is 0.496 e. The highest BCUT2D eigenvalue weighted by atomic mass is 127. The van der Waals surface area contributed by atoms with Crippen LogP contribution in [0.4, 0.5) is 0 Å². The normalized spacial score (nSPS) is 10.8. The molecule has 1 aromatic carbocycles. The van der Waals surface area contributed by atoms with Gasteiger partial charge in [0.25, 0.3) is 5.56 Å². The molecule has 1 N–H and O–H groups in total. The maximum atomic E-state index is 12.0. The molecule has 0 spiro atoms. The quantitative estimate of drug-likeness (QED) is 0.845. The van der Waals surface area contributed by atoms with Gasteiger partial charge in [-0.1, -0.05) is 26.0 Å². The molecule has 5 heteroatoms. The van der Waals surface area contributed by atoms with Crippen LogP contribution in [0.25, 0.3) is 11.4 Å². The lowest BCUT2D eigenvalue weighted by Crippen LogP contribution is -2.17. The third-order valence-electron chi connectivity index (χ3n) is 2.80. The van der Waals surface area contributed by atoms with E-state index in [0.29, 0.717) is 15.1 Å². The highest BCUT2D eigenvalue weighted by molar-refractivity contribution is 14.1. The number of para-hydroxylation sites is 1. The maximum absolute atomic E-state index is 12.0. The number of benzene rings is 1. The van der Waals surface area contributed by atoms with Crippen LogP contribution in [-0.2, 0) is 0 Å². The van der Waals surface area contributed by atoms with E-state index in [2.05, 4.69) is 9.97 Å². The molecule has 0 aliphatic heterocycles. The molecule has 1 heterocycles. The fraction of sp³-hybridized carbons (Fsp3) is 0.286. The van der Waals surface area contributed by atoms with Crippen LogP contribution in [0, 0.1) is 3.57 Å². The van der Waals surface area contributed by atoms with Gasteiger partial charge in [-0.2, -0.15) is 0 Å². The number of ether oxygens (including phenoxy) is 1. The number of nitrogens with one attached hydrogen (secondary N) is 1. The molecule has 0 radical (unpaired) electrons. The minimum atomic E-state index is -0.111. The van der Waals surface area contributed by atoms with Crippen molar-refractivity contribution < 1.29 is 4.74 Å². The molecule has 0 fully saturated rings. The summed E-state index contributed by atoms with van der Waals surface area (Å²) in [4.78, 5) is 19.4. The molecule has 0 amide bonds. The van der Waals surface area contributed by atoms with Crippen molar-refractivity contribution in [3.8, 4) is 17.1 Å². The Bertz CT molecular complexity index is 650. The summed E-state index contributed by atoms with van der Waals surface area (Å²) in [6.07, 6.45) is 0. The highest BCUT2D eigenvalue weighted by Crippen LogP contribution is 2.27. The lowest BCUT2D eigenvalue weighted by molar-refractivity contribution is 0.416. The fourth-order valence-corrected chi connectivity index (χ4v) is 2.70. The standard InChI is InChI=1S/C14H15IN2O2/c1-8(2)12-11(15)14(18)17-13(16-12)9-6-4-5-7-10(9)19-3/h4-8H,1-3H3,(H,16,17,18). The average molecular weight is 370 g/mol. The van der Waals surface area contributed by atoms with Crippen LogP contribution in [0.1, 0.15) is 25.5 Å². The van der Waals surface area contributed by atoms with Crippen molar-refractivity contribution in [3.05, 3.63) is 43.9 Å². The summed E-state index contributed by atoms with van der Waals surface area (Å²) in [5, 5.41) is 0. The smallest absolute Gasteiger partial charge is 0.264 e. The van der Waals surface area contributed by atoms with E-state index >= 15 is 0 Å². The van der Waals surface area contributed by atoms with Gasteiger partial charge >= 0.3 is 0 Å². The molecule has 0 aliphatic carbocycles. The van der Waals surface area contributed by atoms with Crippen molar-refractivity contribution in [1.29, 1.82) is 0 Å². The first kappa shape index (κ1) is 14.0. The van der Waals surface area contributed by atoms with Crippen molar-refractivity contribution in [2.45, 2.75) is 19.8 Å². The van der Waals surface area contributed by atoms with E-state index < -0.39 is 0 Å². The predicted molar refractivity (Wildman–Crippen MR) is 83.7 cm³/mol. The summed E-state index contributed by atoms with van der Waals surface area (Å²) < 4.78 is 5.95. The maximum Gasteiger partial charge on any atom is 0.264 e. The second-order valence-corrected chi connectivity index (χ2v) is 5.55. The molecular formula is C14H15IN2O2. The summed E-state index contributed by atoms with van der Waals surface area (Å²) in [7, 11) is 1.60. The van der Waals surface area contributed by atoms with Crippen LogP contribution in [0.3, 0.4) is 0 Å². The molecule has 4 nitrogen and oxygen atoms in total. The van der Waals surface area contributed by atoms with Crippen LogP contribution < -0.4 is 10.3 Å². The van der Waals surface area contributed by atoms with Gasteiger partial charge in [0.1, 0.15) is 11.6 Å². The number of methoxy groups -OCH3 is 1. The Kier molecular flexibility index (Phi) is 4.24. The Morgan fingerprint density at radius 1 is 1.32 bits per heavy atom. The summed E-state index contributed by atoms with van der Waals surface area (Å²) in [6, 6.07) is 7.51. The number of hydrogen-bond donors (Lipinski definition) is 1. The van der Waals surface area contributed by atoms with Crippen molar-refractivity contribution in [1.82, 2.24) is 9.97 Å². The molecule has 1 aromatic heterocycles. The van der Waals surface area contributed by atoms with Gasteiger partial charge in [-0.05, 0) is 40.6 Å². The highest BCUT2D eigenvalue weighted by Gasteiger charge is 2.15. The molecule has 100 valence electrons. The van der Waals surface area contributed by atoms with Gasteiger partial charge in [0.05, 0.1) is 21.9 Å². The van der Waals surface area contributed by atoms with Crippen molar-refractivity contribution >= 4 is 22.6 Å². The molecule has 19 heavy (non-hydrogen) atoms. The van der Waals surface area contributed by atoms with Gasteiger partial charge < -0.3 is 9.72 Å². The van der Waals surface area contributed by atoms with Crippen molar-refractivity contribution in [2.75, 3.05) is 7.11 Å². The molecule has 2 rings (SSSR count). The molecule has 0 bridgehead atoms. The number of hydrogen-bond acceptors (Lipinski definition) is 3. The lowest BCUT2D eigenvalue weighted by atomic mass is 10.1. The van der Waals surface area contributed by atoms with Crippen LogP contribution >= 0.6 is 22.6 Å². The Balaban J connectivity index is 2.67. The molecule has 0 saturated heterocycles. The first-order valence-corrected chi connectivity index (χ1v) is 7.05. The topological polar surface area (TPSA) is 55.0 Å². The first-order chi connectivity index (χ1) is 9.04. The summed E-state index contributed by atoms with van der Waals surface area (Å²) in [6.45, 7) is 4.05.